The van der Waals surface area contributed by atoms with Gasteiger partial charge in [-0.05, 0) is 31.9 Å². The average molecular weight is 218 g/mol. The van der Waals surface area contributed by atoms with E-state index in [0.717, 1.165) is 31.5 Å². The molecule has 16 heavy (non-hydrogen) atoms. The fourth-order valence-electron chi connectivity index (χ4n) is 2.66. The summed E-state index contributed by atoms with van der Waals surface area (Å²) in [6, 6.07) is 8.26. The van der Waals surface area contributed by atoms with Crippen molar-refractivity contribution in [3.63, 3.8) is 0 Å². The average Bonchev–Trinajstić information content (AvgIpc) is 2.87. The number of nitrogens with one attached hydrogen (secondary N) is 2. The highest BCUT2D eigenvalue weighted by atomic mass is 16.3. The molecule has 1 aliphatic heterocycles. The summed E-state index contributed by atoms with van der Waals surface area (Å²) in [6.07, 6.45) is 3.47. The third kappa shape index (κ3) is 1.70. The fourth-order valence-corrected chi connectivity index (χ4v) is 2.66. The highest BCUT2D eigenvalue weighted by Crippen LogP contribution is 2.49. The van der Waals surface area contributed by atoms with Crippen molar-refractivity contribution in [2.75, 3.05) is 13.1 Å². The van der Waals surface area contributed by atoms with Crippen molar-refractivity contribution in [2.24, 2.45) is 0 Å². The molecule has 1 unspecified atom stereocenters. The molecule has 3 rings (SSSR count). The normalized spacial score (nSPS) is 26.9. The van der Waals surface area contributed by atoms with Gasteiger partial charge in [0, 0.05) is 23.7 Å². The Morgan fingerprint density at radius 2 is 2.12 bits per heavy atom. The van der Waals surface area contributed by atoms with Crippen LogP contribution >= 0.6 is 0 Å². The Morgan fingerprint density at radius 1 is 1.31 bits per heavy atom. The monoisotopic (exact) mass is 218 g/mol. The molecule has 1 saturated carbocycles. The predicted octanol–water partition coefficient (Wildman–Crippen LogP) is 1.33. The molecule has 2 aliphatic rings. The number of phenolic OH excluding ortho intramolecular Hbond substituents is 1. The maximum absolute atomic E-state index is 9.90. The zero-order valence-corrected chi connectivity index (χ0v) is 9.37. The van der Waals surface area contributed by atoms with Gasteiger partial charge in [0.25, 0.3) is 0 Å². The summed E-state index contributed by atoms with van der Waals surface area (Å²) in [5.74, 6) is 0.429. The Hall–Kier alpha value is -1.06. The van der Waals surface area contributed by atoms with E-state index in [1.165, 1.54) is 6.42 Å². The van der Waals surface area contributed by atoms with Crippen LogP contribution in [-0.2, 0) is 5.54 Å². The minimum atomic E-state index is 0.0576. The molecule has 86 valence electrons. The van der Waals surface area contributed by atoms with Crippen molar-refractivity contribution in [1.82, 2.24) is 10.6 Å². The second kappa shape index (κ2) is 3.75. The van der Waals surface area contributed by atoms with Crippen molar-refractivity contribution < 1.29 is 5.11 Å². The second-order valence-electron chi connectivity index (χ2n) is 4.93. The Morgan fingerprint density at radius 3 is 2.75 bits per heavy atom. The van der Waals surface area contributed by atoms with Crippen LogP contribution in [0.1, 0.15) is 24.8 Å². The minimum Gasteiger partial charge on any atom is -0.508 e. The first-order valence-corrected chi connectivity index (χ1v) is 6.07. The first-order chi connectivity index (χ1) is 7.80. The topological polar surface area (TPSA) is 44.3 Å². The molecular formula is C13H18N2O. The quantitative estimate of drug-likeness (QED) is 0.717. The van der Waals surface area contributed by atoms with E-state index >= 15 is 0 Å². The molecule has 1 aromatic rings. The fraction of sp³-hybridized carbons (Fsp3) is 0.538. The molecule has 1 heterocycles. The van der Waals surface area contributed by atoms with Crippen LogP contribution in [0.25, 0.3) is 0 Å². The SMILES string of the molecule is Oc1ccccc1C1(NC2CCNC2)CC1. The standard InChI is InChI=1S/C13H18N2O/c16-12-4-2-1-3-11(12)13(6-7-13)15-10-5-8-14-9-10/h1-4,10,14-16H,5-9H2. The Bertz CT molecular complexity index is 381. The lowest BCUT2D eigenvalue weighted by atomic mass is 10.0. The number of aromatic hydroxyl groups is 1. The number of rotatable bonds is 3. The Kier molecular flexibility index (Phi) is 2.37. The molecule has 1 aliphatic carbocycles. The van der Waals surface area contributed by atoms with Gasteiger partial charge >= 0.3 is 0 Å². The van der Waals surface area contributed by atoms with E-state index in [2.05, 4.69) is 10.6 Å². The smallest absolute Gasteiger partial charge is 0.120 e. The van der Waals surface area contributed by atoms with Gasteiger partial charge in [-0.2, -0.15) is 0 Å². The van der Waals surface area contributed by atoms with Gasteiger partial charge < -0.3 is 15.7 Å². The van der Waals surface area contributed by atoms with E-state index in [9.17, 15) is 5.11 Å². The van der Waals surface area contributed by atoms with Crippen LogP contribution in [0.2, 0.25) is 0 Å². The highest BCUT2D eigenvalue weighted by molar-refractivity contribution is 5.41. The molecule has 0 radical (unpaired) electrons. The number of benzene rings is 1. The largest absolute Gasteiger partial charge is 0.508 e. The summed E-state index contributed by atoms with van der Waals surface area (Å²) in [6.45, 7) is 2.16. The first kappa shape index (κ1) is 10.1. The third-order valence-corrected chi connectivity index (χ3v) is 3.71. The van der Waals surface area contributed by atoms with Gasteiger partial charge in [0.2, 0.25) is 0 Å². The summed E-state index contributed by atoms with van der Waals surface area (Å²) >= 11 is 0. The van der Waals surface area contributed by atoms with Crippen molar-refractivity contribution in [2.45, 2.75) is 30.8 Å². The zero-order chi connectivity index (χ0) is 11.0. The van der Waals surface area contributed by atoms with Crippen LogP contribution in [0.5, 0.6) is 5.75 Å². The van der Waals surface area contributed by atoms with E-state index in [0.29, 0.717) is 11.8 Å². The molecule has 1 saturated heterocycles. The third-order valence-electron chi connectivity index (χ3n) is 3.71. The van der Waals surface area contributed by atoms with Gasteiger partial charge in [0.15, 0.2) is 0 Å². The van der Waals surface area contributed by atoms with Crippen molar-refractivity contribution >= 4 is 0 Å². The summed E-state index contributed by atoms with van der Waals surface area (Å²) in [4.78, 5) is 0. The molecule has 0 aromatic heterocycles. The zero-order valence-electron chi connectivity index (χ0n) is 9.37. The number of hydrogen-bond donors (Lipinski definition) is 3. The number of phenols is 1. The minimum absolute atomic E-state index is 0.0576. The van der Waals surface area contributed by atoms with Crippen molar-refractivity contribution in [3.05, 3.63) is 29.8 Å². The van der Waals surface area contributed by atoms with E-state index in [4.69, 9.17) is 0 Å². The molecule has 3 N–H and O–H groups in total. The molecule has 0 spiro atoms. The van der Waals surface area contributed by atoms with Gasteiger partial charge in [0.05, 0.1) is 0 Å². The Labute approximate surface area is 95.9 Å². The molecular weight excluding hydrogens is 200 g/mol. The van der Waals surface area contributed by atoms with Gasteiger partial charge in [-0.25, -0.2) is 0 Å². The van der Waals surface area contributed by atoms with Crippen LogP contribution in [0.3, 0.4) is 0 Å². The lowest BCUT2D eigenvalue weighted by molar-refractivity contribution is 0.408. The van der Waals surface area contributed by atoms with E-state index in [-0.39, 0.29) is 5.54 Å². The van der Waals surface area contributed by atoms with Crippen LogP contribution in [0.15, 0.2) is 24.3 Å². The molecule has 2 fully saturated rings. The number of para-hydroxylation sites is 1. The van der Waals surface area contributed by atoms with Gasteiger partial charge in [-0.3, -0.25) is 0 Å². The summed E-state index contributed by atoms with van der Waals surface area (Å²) < 4.78 is 0. The summed E-state index contributed by atoms with van der Waals surface area (Å²) in [5, 5.41) is 17.0. The van der Waals surface area contributed by atoms with E-state index < -0.39 is 0 Å². The molecule has 0 bridgehead atoms. The van der Waals surface area contributed by atoms with Crippen molar-refractivity contribution in [3.8, 4) is 5.75 Å². The maximum Gasteiger partial charge on any atom is 0.120 e. The number of hydrogen-bond acceptors (Lipinski definition) is 3. The molecule has 1 aromatic carbocycles. The predicted molar refractivity (Wildman–Crippen MR) is 63.4 cm³/mol. The lowest BCUT2D eigenvalue weighted by Gasteiger charge is -2.23. The lowest BCUT2D eigenvalue weighted by Crippen LogP contribution is -2.39. The van der Waals surface area contributed by atoms with Crippen LogP contribution in [-0.4, -0.2) is 24.2 Å². The molecule has 1 atom stereocenters. The van der Waals surface area contributed by atoms with Crippen LogP contribution < -0.4 is 10.6 Å². The van der Waals surface area contributed by atoms with Gasteiger partial charge in [-0.15, -0.1) is 0 Å². The van der Waals surface area contributed by atoms with Crippen LogP contribution in [0.4, 0.5) is 0 Å². The summed E-state index contributed by atoms with van der Waals surface area (Å²) in [7, 11) is 0. The van der Waals surface area contributed by atoms with E-state index in [1.807, 2.05) is 18.2 Å². The maximum atomic E-state index is 9.90. The summed E-state index contributed by atoms with van der Waals surface area (Å²) in [5.41, 5.74) is 1.13. The molecule has 3 nitrogen and oxygen atoms in total. The van der Waals surface area contributed by atoms with E-state index in [1.54, 1.807) is 6.07 Å². The highest BCUT2D eigenvalue weighted by Gasteiger charge is 2.47. The molecule has 0 amide bonds. The second-order valence-corrected chi connectivity index (χ2v) is 4.93. The van der Waals surface area contributed by atoms with Gasteiger partial charge in [-0.1, -0.05) is 18.2 Å². The molecule has 3 heteroatoms. The Balaban J connectivity index is 1.80. The first-order valence-electron chi connectivity index (χ1n) is 6.07. The van der Waals surface area contributed by atoms with Gasteiger partial charge in [0.1, 0.15) is 5.75 Å². The van der Waals surface area contributed by atoms with Crippen LogP contribution in [0, 0.1) is 0 Å². The van der Waals surface area contributed by atoms with Crippen molar-refractivity contribution in [1.29, 1.82) is 0 Å².